The Morgan fingerprint density at radius 2 is 2.19 bits per heavy atom. The third-order valence-corrected chi connectivity index (χ3v) is 5.06. The van der Waals surface area contributed by atoms with Gasteiger partial charge in [0, 0.05) is 18.2 Å². The summed E-state index contributed by atoms with van der Waals surface area (Å²) in [7, 11) is -3.43. The largest absolute Gasteiger partial charge is 0.389 e. The molecule has 1 aromatic rings. The first-order valence-electron chi connectivity index (χ1n) is 6.86. The molecule has 1 aromatic carbocycles. The molecule has 0 radical (unpaired) electrons. The first-order valence-corrected chi connectivity index (χ1v) is 8.93. The van der Waals surface area contributed by atoms with Crippen LogP contribution in [0.4, 0.5) is 0 Å². The Kier molecular flexibility index (Phi) is 5.32. The molecule has 0 spiro atoms. The Morgan fingerprint density at radius 3 is 2.86 bits per heavy atom. The van der Waals surface area contributed by atoms with Crippen molar-refractivity contribution in [2.24, 2.45) is 5.73 Å². The highest BCUT2D eigenvalue weighted by Gasteiger charge is 2.24. The molecule has 1 heterocycles. The van der Waals surface area contributed by atoms with Gasteiger partial charge in [0.15, 0.2) is 0 Å². The second kappa shape index (κ2) is 6.83. The lowest BCUT2D eigenvalue weighted by Gasteiger charge is -2.27. The van der Waals surface area contributed by atoms with Gasteiger partial charge in [0.1, 0.15) is 4.99 Å². The summed E-state index contributed by atoms with van der Waals surface area (Å²) in [6, 6.07) is 6.97. The topological polar surface area (TPSA) is 81.4 Å². The Labute approximate surface area is 130 Å². The number of thiocarbonyl (C=S) groups is 1. The van der Waals surface area contributed by atoms with E-state index in [0.29, 0.717) is 30.6 Å². The van der Waals surface area contributed by atoms with Gasteiger partial charge in [-0.25, -0.2) is 13.1 Å². The maximum atomic E-state index is 12.3. The van der Waals surface area contributed by atoms with Gasteiger partial charge in [-0.3, -0.25) is 0 Å². The summed E-state index contributed by atoms with van der Waals surface area (Å²) in [6.45, 7) is 2.53. The van der Waals surface area contributed by atoms with Gasteiger partial charge in [-0.05, 0) is 25.3 Å². The second-order valence-corrected chi connectivity index (χ2v) is 7.49. The fraction of sp³-hybridized carbons (Fsp3) is 0.500. The first-order chi connectivity index (χ1) is 9.87. The highest BCUT2D eigenvalue weighted by molar-refractivity contribution is 7.88. The van der Waals surface area contributed by atoms with E-state index in [-0.39, 0.29) is 22.9 Å². The number of hydrogen-bond acceptors (Lipinski definition) is 4. The average molecular weight is 328 g/mol. The van der Waals surface area contributed by atoms with Crippen LogP contribution in [0.5, 0.6) is 0 Å². The maximum absolute atomic E-state index is 12.3. The van der Waals surface area contributed by atoms with Crippen molar-refractivity contribution >= 4 is 27.2 Å². The van der Waals surface area contributed by atoms with Crippen LogP contribution in [-0.2, 0) is 20.5 Å². The standard InChI is InChI=1S/C14H20N2O3S2/c1-10-8-12(6-7-19-10)16-21(17,18)9-11-4-2-3-5-13(11)14(15)20/h2-5,10,12,16H,6-9H2,1H3,(H2,15,20). The van der Waals surface area contributed by atoms with E-state index in [1.165, 1.54) is 0 Å². The third-order valence-electron chi connectivity index (χ3n) is 3.46. The zero-order valence-electron chi connectivity index (χ0n) is 11.9. The van der Waals surface area contributed by atoms with Crippen molar-refractivity contribution in [3.63, 3.8) is 0 Å². The minimum Gasteiger partial charge on any atom is -0.389 e. The lowest BCUT2D eigenvalue weighted by atomic mass is 10.1. The summed E-state index contributed by atoms with van der Waals surface area (Å²) in [4.78, 5) is 0.209. The SMILES string of the molecule is CC1CC(NS(=O)(=O)Cc2ccccc2C(N)=S)CCO1. The molecule has 1 aliphatic heterocycles. The zero-order chi connectivity index (χ0) is 15.5. The molecular formula is C14H20N2O3S2. The van der Waals surface area contributed by atoms with Crippen LogP contribution in [0.2, 0.25) is 0 Å². The van der Waals surface area contributed by atoms with Gasteiger partial charge in [-0.2, -0.15) is 0 Å². The summed E-state index contributed by atoms with van der Waals surface area (Å²) in [5.41, 5.74) is 6.87. The van der Waals surface area contributed by atoms with Crippen LogP contribution in [-0.4, -0.2) is 32.2 Å². The minimum atomic E-state index is -3.43. The van der Waals surface area contributed by atoms with Crippen molar-refractivity contribution in [3.8, 4) is 0 Å². The summed E-state index contributed by atoms with van der Waals surface area (Å²) in [6.07, 6.45) is 1.46. The van der Waals surface area contributed by atoms with E-state index in [9.17, 15) is 8.42 Å². The summed E-state index contributed by atoms with van der Waals surface area (Å²) in [5, 5.41) is 0. The minimum absolute atomic E-state index is 0.0734. The molecule has 21 heavy (non-hydrogen) atoms. The van der Waals surface area contributed by atoms with Crippen molar-refractivity contribution in [1.82, 2.24) is 4.72 Å². The molecule has 0 aromatic heterocycles. The van der Waals surface area contributed by atoms with Crippen LogP contribution >= 0.6 is 12.2 Å². The molecule has 2 atom stereocenters. The van der Waals surface area contributed by atoms with Gasteiger partial charge < -0.3 is 10.5 Å². The van der Waals surface area contributed by atoms with Crippen molar-refractivity contribution in [2.45, 2.75) is 37.7 Å². The van der Waals surface area contributed by atoms with Gasteiger partial charge in [0.2, 0.25) is 10.0 Å². The predicted octanol–water partition coefficient (Wildman–Crippen LogP) is 1.31. The summed E-state index contributed by atoms with van der Waals surface area (Å²) < 4.78 is 32.8. The molecule has 2 rings (SSSR count). The van der Waals surface area contributed by atoms with Crippen LogP contribution in [0.3, 0.4) is 0 Å². The Morgan fingerprint density at radius 1 is 1.48 bits per heavy atom. The normalized spacial score (nSPS) is 22.9. The van der Waals surface area contributed by atoms with E-state index in [1.807, 2.05) is 6.92 Å². The smallest absolute Gasteiger partial charge is 0.216 e. The highest BCUT2D eigenvalue weighted by Crippen LogP contribution is 2.17. The van der Waals surface area contributed by atoms with E-state index in [4.69, 9.17) is 22.7 Å². The van der Waals surface area contributed by atoms with Gasteiger partial charge in [-0.1, -0.05) is 36.5 Å². The van der Waals surface area contributed by atoms with Crippen molar-refractivity contribution in [3.05, 3.63) is 35.4 Å². The van der Waals surface area contributed by atoms with Gasteiger partial charge in [0.05, 0.1) is 11.9 Å². The number of sulfonamides is 1. The highest BCUT2D eigenvalue weighted by atomic mass is 32.2. The van der Waals surface area contributed by atoms with E-state index in [1.54, 1.807) is 24.3 Å². The zero-order valence-corrected chi connectivity index (χ0v) is 13.5. The number of hydrogen-bond donors (Lipinski definition) is 2. The lowest BCUT2D eigenvalue weighted by Crippen LogP contribution is -2.41. The molecule has 0 amide bonds. The molecule has 0 bridgehead atoms. The lowest BCUT2D eigenvalue weighted by molar-refractivity contribution is 0.0173. The Bertz CT molecular complexity index is 616. The van der Waals surface area contributed by atoms with Crippen molar-refractivity contribution in [2.75, 3.05) is 6.61 Å². The van der Waals surface area contributed by atoms with Crippen molar-refractivity contribution in [1.29, 1.82) is 0 Å². The number of ether oxygens (including phenoxy) is 1. The van der Waals surface area contributed by atoms with Gasteiger partial charge in [-0.15, -0.1) is 0 Å². The average Bonchev–Trinajstić information content (AvgIpc) is 2.37. The fourth-order valence-corrected chi connectivity index (χ4v) is 4.16. The molecule has 3 N–H and O–H groups in total. The van der Waals surface area contributed by atoms with Crippen LogP contribution in [0.25, 0.3) is 0 Å². The monoisotopic (exact) mass is 328 g/mol. The number of rotatable bonds is 5. The second-order valence-electron chi connectivity index (χ2n) is 5.30. The van der Waals surface area contributed by atoms with Gasteiger partial charge >= 0.3 is 0 Å². The van der Waals surface area contributed by atoms with Gasteiger partial charge in [0.25, 0.3) is 0 Å². The molecular weight excluding hydrogens is 308 g/mol. The molecule has 5 nitrogen and oxygen atoms in total. The number of nitrogens with one attached hydrogen (secondary N) is 1. The summed E-state index contributed by atoms with van der Waals surface area (Å²) >= 11 is 4.96. The molecule has 0 saturated carbocycles. The number of benzene rings is 1. The molecule has 1 saturated heterocycles. The molecule has 1 fully saturated rings. The molecule has 116 valence electrons. The van der Waals surface area contributed by atoms with Crippen LogP contribution in [0, 0.1) is 0 Å². The first kappa shape index (κ1) is 16.4. The molecule has 7 heteroatoms. The van der Waals surface area contributed by atoms with Crippen molar-refractivity contribution < 1.29 is 13.2 Å². The predicted molar refractivity (Wildman–Crippen MR) is 86.5 cm³/mol. The quantitative estimate of drug-likeness (QED) is 0.797. The third kappa shape index (κ3) is 4.74. The van der Waals surface area contributed by atoms with Crippen LogP contribution in [0.15, 0.2) is 24.3 Å². The Balaban J connectivity index is 2.09. The fourth-order valence-electron chi connectivity index (χ4n) is 2.49. The maximum Gasteiger partial charge on any atom is 0.216 e. The van der Waals surface area contributed by atoms with E-state index in [2.05, 4.69) is 4.72 Å². The van der Waals surface area contributed by atoms with Crippen LogP contribution < -0.4 is 10.5 Å². The molecule has 0 aliphatic carbocycles. The van der Waals surface area contributed by atoms with E-state index >= 15 is 0 Å². The number of nitrogens with two attached hydrogens (primary N) is 1. The molecule has 1 aliphatic rings. The molecule has 2 unspecified atom stereocenters. The van der Waals surface area contributed by atoms with Crippen LogP contribution in [0.1, 0.15) is 30.9 Å². The van der Waals surface area contributed by atoms with E-state index < -0.39 is 10.0 Å². The summed E-state index contributed by atoms with van der Waals surface area (Å²) in [5.74, 6) is -0.119. The Hall–Kier alpha value is -1.02. The van der Waals surface area contributed by atoms with E-state index in [0.717, 1.165) is 0 Å².